The number of carbonyl (C=O) groups is 1. The van der Waals surface area contributed by atoms with Crippen molar-refractivity contribution in [3.05, 3.63) is 22.7 Å². The number of rotatable bonds is 2. The first kappa shape index (κ1) is 14.6. The maximum Gasteiger partial charge on any atom is 0.293 e. The van der Waals surface area contributed by atoms with Crippen LogP contribution in [0.1, 0.15) is 33.6 Å². The van der Waals surface area contributed by atoms with Crippen LogP contribution in [0.15, 0.2) is 17.2 Å². The standard InChI is InChI=1S/C14H22N4O2/c1-14(2,3)18-8-7-15-12(13(18)20)16-10-5-6-11(19)17(4)9-10/h7-8,10H,5-6,9H2,1-4H3,(H,15,16). The van der Waals surface area contributed by atoms with Gasteiger partial charge in [0.1, 0.15) is 0 Å². The minimum Gasteiger partial charge on any atom is -0.361 e. The lowest BCUT2D eigenvalue weighted by molar-refractivity contribution is -0.132. The third-order valence-corrected chi connectivity index (χ3v) is 3.53. The summed E-state index contributed by atoms with van der Waals surface area (Å²) in [4.78, 5) is 29.7. The summed E-state index contributed by atoms with van der Waals surface area (Å²) in [6, 6.07) is 0.0775. The fraction of sp³-hybridized carbons (Fsp3) is 0.643. The van der Waals surface area contributed by atoms with Crippen molar-refractivity contribution < 1.29 is 4.79 Å². The van der Waals surface area contributed by atoms with E-state index in [0.29, 0.717) is 18.8 Å². The first-order valence-corrected chi connectivity index (χ1v) is 6.87. The highest BCUT2D eigenvalue weighted by Gasteiger charge is 2.24. The van der Waals surface area contributed by atoms with Crippen molar-refractivity contribution in [2.45, 2.75) is 45.2 Å². The van der Waals surface area contributed by atoms with Crippen LogP contribution in [0.25, 0.3) is 0 Å². The van der Waals surface area contributed by atoms with Gasteiger partial charge in [0.2, 0.25) is 5.91 Å². The summed E-state index contributed by atoms with van der Waals surface area (Å²) in [6.07, 6.45) is 4.57. The number of piperidine rings is 1. The van der Waals surface area contributed by atoms with Crippen molar-refractivity contribution in [2.24, 2.45) is 0 Å². The van der Waals surface area contributed by atoms with E-state index in [2.05, 4.69) is 10.3 Å². The second-order valence-corrected chi connectivity index (χ2v) is 6.28. The number of nitrogens with one attached hydrogen (secondary N) is 1. The van der Waals surface area contributed by atoms with Gasteiger partial charge in [-0.1, -0.05) is 0 Å². The summed E-state index contributed by atoms with van der Waals surface area (Å²) in [7, 11) is 1.78. The first-order chi connectivity index (χ1) is 9.29. The molecule has 0 saturated carbocycles. The molecular weight excluding hydrogens is 256 g/mol. The van der Waals surface area contributed by atoms with Gasteiger partial charge in [-0.2, -0.15) is 0 Å². The van der Waals surface area contributed by atoms with Gasteiger partial charge in [0, 0.05) is 44.0 Å². The van der Waals surface area contributed by atoms with Crippen molar-refractivity contribution in [2.75, 3.05) is 18.9 Å². The quantitative estimate of drug-likeness (QED) is 0.877. The highest BCUT2D eigenvalue weighted by Crippen LogP contribution is 2.14. The van der Waals surface area contributed by atoms with Gasteiger partial charge in [0.15, 0.2) is 5.82 Å². The van der Waals surface area contributed by atoms with Crippen LogP contribution >= 0.6 is 0 Å². The molecule has 1 atom stereocenters. The number of carbonyl (C=O) groups excluding carboxylic acids is 1. The van der Waals surface area contributed by atoms with Gasteiger partial charge in [-0.3, -0.25) is 9.59 Å². The Kier molecular flexibility index (Phi) is 3.83. The SMILES string of the molecule is CN1CC(Nc2nccn(C(C)(C)C)c2=O)CCC1=O. The molecule has 6 nitrogen and oxygen atoms in total. The van der Waals surface area contributed by atoms with Gasteiger partial charge in [-0.25, -0.2) is 4.98 Å². The molecule has 6 heteroatoms. The van der Waals surface area contributed by atoms with Gasteiger partial charge in [0.25, 0.3) is 5.56 Å². The molecule has 1 aliphatic heterocycles. The summed E-state index contributed by atoms with van der Waals surface area (Å²) in [6.45, 7) is 6.53. The van der Waals surface area contributed by atoms with Gasteiger partial charge >= 0.3 is 0 Å². The van der Waals surface area contributed by atoms with Crippen LogP contribution < -0.4 is 10.9 Å². The smallest absolute Gasteiger partial charge is 0.293 e. The number of likely N-dealkylation sites (N-methyl/N-ethyl adjacent to an activating group) is 1. The van der Waals surface area contributed by atoms with Gasteiger partial charge in [0.05, 0.1) is 0 Å². The van der Waals surface area contributed by atoms with E-state index in [-0.39, 0.29) is 23.0 Å². The molecule has 1 fully saturated rings. The first-order valence-electron chi connectivity index (χ1n) is 6.87. The van der Waals surface area contributed by atoms with E-state index >= 15 is 0 Å². The van der Waals surface area contributed by atoms with Crippen LogP contribution in [0.4, 0.5) is 5.82 Å². The lowest BCUT2D eigenvalue weighted by atomic mass is 10.1. The third kappa shape index (κ3) is 3.00. The van der Waals surface area contributed by atoms with E-state index < -0.39 is 0 Å². The van der Waals surface area contributed by atoms with Crippen molar-refractivity contribution in [3.8, 4) is 0 Å². The maximum absolute atomic E-state index is 12.4. The van der Waals surface area contributed by atoms with Gasteiger partial charge in [-0.15, -0.1) is 0 Å². The van der Waals surface area contributed by atoms with E-state index in [0.717, 1.165) is 6.42 Å². The molecule has 1 saturated heterocycles. The number of amides is 1. The van der Waals surface area contributed by atoms with Crippen LogP contribution in [0.2, 0.25) is 0 Å². The van der Waals surface area contributed by atoms with Crippen LogP contribution in [0.5, 0.6) is 0 Å². The Hall–Kier alpha value is -1.85. The molecule has 0 bridgehead atoms. The Morgan fingerprint density at radius 1 is 1.35 bits per heavy atom. The fourth-order valence-electron chi connectivity index (χ4n) is 2.36. The van der Waals surface area contributed by atoms with Crippen molar-refractivity contribution in [1.29, 1.82) is 0 Å². The second kappa shape index (κ2) is 5.26. The Morgan fingerprint density at radius 3 is 2.65 bits per heavy atom. The molecule has 2 heterocycles. The van der Waals surface area contributed by atoms with E-state index in [1.54, 1.807) is 28.9 Å². The molecule has 1 amide bonds. The number of hydrogen-bond acceptors (Lipinski definition) is 4. The molecule has 2 rings (SSSR count). The van der Waals surface area contributed by atoms with Crippen LogP contribution in [-0.2, 0) is 10.3 Å². The summed E-state index contributed by atoms with van der Waals surface area (Å²) in [5.41, 5.74) is -0.407. The number of likely N-dealkylation sites (tertiary alicyclic amines) is 1. The normalized spacial score (nSPS) is 20.1. The highest BCUT2D eigenvalue weighted by atomic mass is 16.2. The zero-order valence-corrected chi connectivity index (χ0v) is 12.5. The van der Waals surface area contributed by atoms with Crippen molar-refractivity contribution in [1.82, 2.24) is 14.5 Å². The molecule has 20 heavy (non-hydrogen) atoms. The minimum atomic E-state index is -0.282. The summed E-state index contributed by atoms with van der Waals surface area (Å²) in [5.74, 6) is 0.506. The molecule has 1 aromatic rings. The topological polar surface area (TPSA) is 67.2 Å². The Labute approximate surface area is 118 Å². The number of anilines is 1. The summed E-state index contributed by atoms with van der Waals surface area (Å²) < 4.78 is 1.67. The lowest BCUT2D eigenvalue weighted by Crippen LogP contribution is -2.45. The fourth-order valence-corrected chi connectivity index (χ4v) is 2.36. The number of hydrogen-bond donors (Lipinski definition) is 1. The average molecular weight is 278 g/mol. The molecule has 110 valence electrons. The number of aromatic nitrogens is 2. The Bertz CT molecular complexity index is 559. The molecule has 0 aliphatic carbocycles. The van der Waals surface area contributed by atoms with Gasteiger partial charge in [-0.05, 0) is 27.2 Å². The minimum absolute atomic E-state index is 0.0775. The third-order valence-electron chi connectivity index (χ3n) is 3.53. The number of nitrogens with zero attached hydrogens (tertiary/aromatic N) is 3. The molecule has 0 spiro atoms. The molecule has 0 radical (unpaired) electrons. The molecule has 1 unspecified atom stereocenters. The lowest BCUT2D eigenvalue weighted by Gasteiger charge is -2.30. The molecule has 1 aliphatic rings. The van der Waals surface area contributed by atoms with E-state index in [4.69, 9.17) is 0 Å². The van der Waals surface area contributed by atoms with Crippen LogP contribution in [0.3, 0.4) is 0 Å². The zero-order chi connectivity index (χ0) is 14.9. The molecule has 1 N–H and O–H groups in total. The van der Waals surface area contributed by atoms with Crippen molar-refractivity contribution >= 4 is 11.7 Å². The maximum atomic E-state index is 12.4. The van der Waals surface area contributed by atoms with Gasteiger partial charge < -0.3 is 14.8 Å². The average Bonchev–Trinajstić information content (AvgIpc) is 2.35. The Balaban J connectivity index is 2.19. The van der Waals surface area contributed by atoms with E-state index in [1.165, 1.54) is 0 Å². The summed E-state index contributed by atoms with van der Waals surface area (Å²) in [5, 5.41) is 3.17. The molecule has 0 aromatic carbocycles. The molecule has 1 aromatic heterocycles. The van der Waals surface area contributed by atoms with Crippen molar-refractivity contribution in [3.63, 3.8) is 0 Å². The highest BCUT2D eigenvalue weighted by molar-refractivity contribution is 5.76. The summed E-state index contributed by atoms with van der Waals surface area (Å²) >= 11 is 0. The predicted octanol–water partition coefficient (Wildman–Crippen LogP) is 1.03. The zero-order valence-electron chi connectivity index (χ0n) is 12.5. The monoisotopic (exact) mass is 278 g/mol. The van der Waals surface area contributed by atoms with E-state index in [1.807, 2.05) is 20.8 Å². The largest absolute Gasteiger partial charge is 0.361 e. The van der Waals surface area contributed by atoms with Crippen LogP contribution in [0, 0.1) is 0 Å². The second-order valence-electron chi connectivity index (χ2n) is 6.28. The van der Waals surface area contributed by atoms with Crippen LogP contribution in [-0.4, -0.2) is 40.0 Å². The van der Waals surface area contributed by atoms with E-state index in [9.17, 15) is 9.59 Å². The molecular formula is C14H22N4O2. The predicted molar refractivity (Wildman–Crippen MR) is 77.8 cm³/mol. The Morgan fingerprint density at radius 2 is 2.05 bits per heavy atom.